The van der Waals surface area contributed by atoms with Gasteiger partial charge in [0.2, 0.25) is 5.91 Å². The summed E-state index contributed by atoms with van der Waals surface area (Å²) in [6, 6.07) is 4.71. The maximum Gasteiger partial charge on any atom is 0.333 e. The third-order valence-electron chi connectivity index (χ3n) is 5.95. The highest BCUT2D eigenvalue weighted by molar-refractivity contribution is 6.33. The lowest BCUT2D eigenvalue weighted by Gasteiger charge is -2.22. The summed E-state index contributed by atoms with van der Waals surface area (Å²) in [7, 11) is 0. The van der Waals surface area contributed by atoms with Crippen LogP contribution in [0.15, 0.2) is 29.2 Å². The van der Waals surface area contributed by atoms with Crippen molar-refractivity contribution in [2.24, 2.45) is 5.92 Å². The fourth-order valence-electron chi connectivity index (χ4n) is 4.16. The van der Waals surface area contributed by atoms with E-state index in [2.05, 4.69) is 10.6 Å². The molecule has 1 saturated carbocycles. The zero-order valence-electron chi connectivity index (χ0n) is 18.6. The van der Waals surface area contributed by atoms with Gasteiger partial charge in [0.05, 0.1) is 16.3 Å². The van der Waals surface area contributed by atoms with E-state index < -0.39 is 12.1 Å². The maximum atomic E-state index is 12.9. The van der Waals surface area contributed by atoms with Gasteiger partial charge in [0, 0.05) is 24.4 Å². The van der Waals surface area contributed by atoms with Crippen molar-refractivity contribution in [1.82, 2.24) is 19.8 Å². The maximum absolute atomic E-state index is 12.9. The van der Waals surface area contributed by atoms with E-state index in [-0.39, 0.29) is 34.6 Å². The van der Waals surface area contributed by atoms with Gasteiger partial charge in [-0.3, -0.25) is 18.7 Å². The molecule has 0 aliphatic heterocycles. The molecule has 0 radical (unpaired) electrons. The number of carbonyl (C=O) groups is 2. The average Bonchev–Trinajstić information content (AvgIpc) is 2.95. The van der Waals surface area contributed by atoms with Gasteiger partial charge in [-0.2, -0.15) is 0 Å². The smallest absolute Gasteiger partial charge is 0.333 e. The number of hydrogen-bond donors (Lipinski definition) is 3. The van der Waals surface area contributed by atoms with E-state index in [9.17, 15) is 19.5 Å². The summed E-state index contributed by atoms with van der Waals surface area (Å²) >= 11 is 6.27. The standard InChI is InChI=1S/C23H31ClN4O4/c1-3-25-20(29)14-27-15(2)13-28(23(27)32)17-10-11-19(24)18(12-17)22(31)26-21(30)16-8-6-4-5-7-9-16/h10-13,16,21,30H,3-9,14H2,1-2H3,(H,25,29)(H,26,31). The lowest BCUT2D eigenvalue weighted by molar-refractivity contribution is -0.121. The first-order valence-corrected chi connectivity index (χ1v) is 11.5. The van der Waals surface area contributed by atoms with Crippen molar-refractivity contribution in [2.45, 2.75) is 65.1 Å². The van der Waals surface area contributed by atoms with Crippen molar-refractivity contribution >= 4 is 23.4 Å². The molecule has 174 valence electrons. The molecule has 1 aliphatic rings. The molecular weight excluding hydrogens is 432 g/mol. The second-order valence-electron chi connectivity index (χ2n) is 8.30. The summed E-state index contributed by atoms with van der Waals surface area (Å²) in [5, 5.41) is 16.1. The van der Waals surface area contributed by atoms with Gasteiger partial charge >= 0.3 is 5.69 Å². The van der Waals surface area contributed by atoms with Crippen LogP contribution in [0.1, 0.15) is 61.5 Å². The van der Waals surface area contributed by atoms with Crippen LogP contribution < -0.4 is 16.3 Å². The molecule has 1 unspecified atom stereocenters. The van der Waals surface area contributed by atoms with Crippen molar-refractivity contribution in [3.05, 3.63) is 51.2 Å². The van der Waals surface area contributed by atoms with Crippen LogP contribution in [0.5, 0.6) is 0 Å². The largest absolute Gasteiger partial charge is 0.373 e. The zero-order chi connectivity index (χ0) is 23.3. The molecule has 0 saturated heterocycles. The first-order valence-electron chi connectivity index (χ1n) is 11.2. The van der Waals surface area contributed by atoms with Crippen LogP contribution >= 0.6 is 11.6 Å². The van der Waals surface area contributed by atoms with Crippen LogP contribution in [0.2, 0.25) is 5.02 Å². The summed E-state index contributed by atoms with van der Waals surface area (Å²) in [5.74, 6) is -0.712. The van der Waals surface area contributed by atoms with E-state index in [1.807, 2.05) is 6.92 Å². The number of aryl methyl sites for hydroxylation is 1. The Bertz CT molecular complexity index is 1020. The number of nitrogens with one attached hydrogen (secondary N) is 2. The third-order valence-corrected chi connectivity index (χ3v) is 6.28. The van der Waals surface area contributed by atoms with Crippen LogP contribution in [-0.2, 0) is 11.3 Å². The SMILES string of the molecule is CCNC(=O)Cn1c(C)cn(-c2ccc(Cl)c(C(=O)NC(O)C3CCCCCC3)c2)c1=O. The number of aliphatic hydroxyl groups excluding tert-OH is 1. The first-order chi connectivity index (χ1) is 15.3. The number of rotatable bonds is 7. The molecule has 2 aromatic rings. The number of aliphatic hydroxyl groups is 1. The van der Waals surface area contributed by atoms with Gasteiger partial charge in [-0.15, -0.1) is 0 Å². The normalized spacial score (nSPS) is 15.8. The van der Waals surface area contributed by atoms with Crippen molar-refractivity contribution in [2.75, 3.05) is 6.54 Å². The molecule has 1 atom stereocenters. The Morgan fingerprint density at radius 3 is 2.56 bits per heavy atom. The number of carbonyl (C=O) groups excluding carboxylic acids is 2. The van der Waals surface area contributed by atoms with Gasteiger partial charge in [-0.25, -0.2) is 4.79 Å². The molecule has 3 rings (SSSR count). The van der Waals surface area contributed by atoms with Gasteiger partial charge in [-0.1, -0.05) is 37.3 Å². The Morgan fingerprint density at radius 1 is 1.22 bits per heavy atom. The van der Waals surface area contributed by atoms with Gasteiger partial charge in [0.15, 0.2) is 0 Å². The van der Waals surface area contributed by atoms with Crippen LogP contribution in [0.4, 0.5) is 0 Å². The van der Waals surface area contributed by atoms with Crippen molar-refractivity contribution in [3.63, 3.8) is 0 Å². The summed E-state index contributed by atoms with van der Waals surface area (Å²) in [5.41, 5.74) is 0.857. The number of halogens is 1. The molecule has 1 aliphatic carbocycles. The molecule has 1 fully saturated rings. The highest BCUT2D eigenvalue weighted by Gasteiger charge is 2.24. The average molecular weight is 463 g/mol. The molecule has 3 N–H and O–H groups in total. The zero-order valence-corrected chi connectivity index (χ0v) is 19.3. The molecular formula is C23H31ClN4O4. The number of benzene rings is 1. The molecule has 9 heteroatoms. The van der Waals surface area contributed by atoms with E-state index >= 15 is 0 Å². The molecule has 1 aromatic heterocycles. The fraction of sp³-hybridized carbons (Fsp3) is 0.522. The van der Waals surface area contributed by atoms with E-state index in [4.69, 9.17) is 11.6 Å². The minimum Gasteiger partial charge on any atom is -0.373 e. The van der Waals surface area contributed by atoms with Crippen molar-refractivity contribution in [1.29, 1.82) is 0 Å². The van der Waals surface area contributed by atoms with Crippen LogP contribution in [0, 0.1) is 12.8 Å². The van der Waals surface area contributed by atoms with E-state index in [0.29, 0.717) is 17.9 Å². The Hall–Kier alpha value is -2.58. The van der Waals surface area contributed by atoms with Gasteiger partial charge < -0.3 is 15.7 Å². The monoisotopic (exact) mass is 462 g/mol. The third kappa shape index (κ3) is 5.61. The highest BCUT2D eigenvalue weighted by Crippen LogP contribution is 2.26. The molecule has 32 heavy (non-hydrogen) atoms. The predicted molar refractivity (Wildman–Crippen MR) is 123 cm³/mol. The van der Waals surface area contributed by atoms with E-state index in [1.54, 1.807) is 25.3 Å². The number of hydrogen-bond acceptors (Lipinski definition) is 4. The van der Waals surface area contributed by atoms with E-state index in [1.165, 1.54) is 15.2 Å². The lowest BCUT2D eigenvalue weighted by Crippen LogP contribution is -2.40. The molecule has 8 nitrogen and oxygen atoms in total. The van der Waals surface area contributed by atoms with Gasteiger partial charge in [0.1, 0.15) is 12.8 Å². The summed E-state index contributed by atoms with van der Waals surface area (Å²) in [6.07, 6.45) is 6.83. The van der Waals surface area contributed by atoms with Gasteiger partial charge in [-0.05, 0) is 44.9 Å². The number of aromatic nitrogens is 2. The van der Waals surface area contributed by atoms with Crippen LogP contribution in [0.25, 0.3) is 5.69 Å². The molecule has 1 aromatic carbocycles. The predicted octanol–water partition coefficient (Wildman–Crippen LogP) is 2.76. The molecule has 0 spiro atoms. The number of nitrogens with zero attached hydrogens (tertiary/aromatic N) is 2. The molecule has 1 heterocycles. The first kappa shape index (κ1) is 24.1. The molecule has 2 amide bonds. The molecule has 0 bridgehead atoms. The second-order valence-corrected chi connectivity index (χ2v) is 8.70. The van der Waals surface area contributed by atoms with E-state index in [0.717, 1.165) is 38.5 Å². The Labute approximate surface area is 192 Å². The topological polar surface area (TPSA) is 105 Å². The minimum atomic E-state index is -0.941. The lowest BCUT2D eigenvalue weighted by atomic mass is 9.98. The highest BCUT2D eigenvalue weighted by atomic mass is 35.5. The number of imidazole rings is 1. The quantitative estimate of drug-likeness (QED) is 0.434. The summed E-state index contributed by atoms with van der Waals surface area (Å²) in [6.45, 7) is 3.95. The summed E-state index contributed by atoms with van der Waals surface area (Å²) in [4.78, 5) is 37.7. The Morgan fingerprint density at radius 2 is 1.91 bits per heavy atom. The van der Waals surface area contributed by atoms with Crippen LogP contribution in [0.3, 0.4) is 0 Å². The number of likely N-dealkylation sites (N-methyl/N-ethyl adjacent to an activating group) is 1. The summed E-state index contributed by atoms with van der Waals surface area (Å²) < 4.78 is 2.75. The Balaban J connectivity index is 1.82. The van der Waals surface area contributed by atoms with Crippen molar-refractivity contribution in [3.8, 4) is 5.69 Å². The van der Waals surface area contributed by atoms with Crippen LogP contribution in [-0.4, -0.2) is 38.8 Å². The number of amides is 2. The fourth-order valence-corrected chi connectivity index (χ4v) is 4.36. The second kappa shape index (κ2) is 10.8. The van der Waals surface area contributed by atoms with Gasteiger partial charge in [0.25, 0.3) is 5.91 Å². The Kier molecular flexibility index (Phi) is 8.15. The minimum absolute atomic E-state index is 0.0250. The van der Waals surface area contributed by atoms with Crippen molar-refractivity contribution < 1.29 is 14.7 Å².